The van der Waals surface area contributed by atoms with E-state index in [4.69, 9.17) is 10.1 Å². The summed E-state index contributed by atoms with van der Waals surface area (Å²) < 4.78 is 19.2. The zero-order valence-electron chi connectivity index (χ0n) is 15.4. The van der Waals surface area contributed by atoms with Crippen molar-refractivity contribution in [3.63, 3.8) is 0 Å². The van der Waals surface area contributed by atoms with Crippen molar-refractivity contribution in [2.24, 2.45) is 4.99 Å². The molecule has 7 heteroatoms. The predicted octanol–water partition coefficient (Wildman–Crippen LogP) is 3.55. The normalized spacial score (nSPS) is 14.0. The van der Waals surface area contributed by atoms with Gasteiger partial charge in [0, 0.05) is 48.4 Å². The molecular formula is C21H20FN5O. The van der Waals surface area contributed by atoms with Crippen molar-refractivity contribution in [1.29, 1.82) is 5.41 Å². The monoisotopic (exact) mass is 377 g/mol. The van der Waals surface area contributed by atoms with Crippen LogP contribution in [-0.2, 0) is 11.3 Å². The Labute approximate surface area is 162 Å². The fourth-order valence-electron chi connectivity index (χ4n) is 2.54. The van der Waals surface area contributed by atoms with E-state index in [0.717, 1.165) is 5.57 Å². The number of nitrogens with zero attached hydrogens (tertiary/aromatic N) is 3. The van der Waals surface area contributed by atoms with Crippen LogP contribution in [0.1, 0.15) is 17.8 Å². The van der Waals surface area contributed by atoms with Crippen molar-refractivity contribution in [3.8, 4) is 0 Å². The zero-order valence-corrected chi connectivity index (χ0v) is 15.4. The maximum absolute atomic E-state index is 14.0. The van der Waals surface area contributed by atoms with E-state index in [2.05, 4.69) is 20.3 Å². The average molecular weight is 377 g/mol. The maximum atomic E-state index is 14.0. The lowest BCUT2D eigenvalue weighted by Crippen LogP contribution is -2.17. The van der Waals surface area contributed by atoms with E-state index < -0.39 is 0 Å². The van der Waals surface area contributed by atoms with Crippen LogP contribution in [0.4, 0.5) is 4.39 Å². The van der Waals surface area contributed by atoms with E-state index in [-0.39, 0.29) is 18.1 Å². The van der Waals surface area contributed by atoms with Crippen LogP contribution in [-0.4, -0.2) is 28.7 Å². The highest BCUT2D eigenvalue weighted by atomic mass is 19.1. The standard InChI is InChI=1S/C21H20FN5O/c1-28-20-9-4-7-16(14-27-20)19(12-18(23)21-24-10-5-11-25-21)26-13-15-6-2-3-8-17(15)22/h2-8,10-12,14,23,26H,9,13H2,1H3/b19-12-,23-18?. The first kappa shape index (κ1) is 19.2. The molecule has 6 nitrogen and oxygen atoms in total. The third-order valence-corrected chi connectivity index (χ3v) is 4.01. The number of benzene rings is 1. The first-order chi connectivity index (χ1) is 13.7. The Balaban J connectivity index is 1.90. The van der Waals surface area contributed by atoms with Gasteiger partial charge in [0.15, 0.2) is 11.7 Å². The van der Waals surface area contributed by atoms with E-state index >= 15 is 0 Å². The first-order valence-corrected chi connectivity index (χ1v) is 8.70. The molecule has 142 valence electrons. The first-order valence-electron chi connectivity index (χ1n) is 8.70. The van der Waals surface area contributed by atoms with Crippen LogP contribution in [0.2, 0.25) is 0 Å². The lowest BCUT2D eigenvalue weighted by molar-refractivity contribution is 0.395. The minimum absolute atomic E-state index is 0.131. The summed E-state index contributed by atoms with van der Waals surface area (Å²) in [5, 5.41) is 11.5. The Kier molecular flexibility index (Phi) is 6.41. The van der Waals surface area contributed by atoms with Gasteiger partial charge in [0.2, 0.25) is 0 Å². The molecule has 1 aliphatic rings. The van der Waals surface area contributed by atoms with Crippen molar-refractivity contribution in [3.05, 3.63) is 95.6 Å². The molecule has 0 radical (unpaired) electrons. The van der Waals surface area contributed by atoms with Crippen LogP contribution >= 0.6 is 0 Å². The van der Waals surface area contributed by atoms with Gasteiger partial charge in [-0.2, -0.15) is 0 Å². The molecule has 0 fully saturated rings. The van der Waals surface area contributed by atoms with E-state index in [0.29, 0.717) is 29.4 Å². The number of ether oxygens (including phenoxy) is 1. The maximum Gasteiger partial charge on any atom is 0.191 e. The molecule has 1 aliphatic heterocycles. The van der Waals surface area contributed by atoms with Crippen molar-refractivity contribution in [2.75, 3.05) is 7.11 Å². The minimum Gasteiger partial charge on any atom is -0.484 e. The van der Waals surface area contributed by atoms with Gasteiger partial charge in [-0.05, 0) is 18.2 Å². The number of hydrogen-bond acceptors (Lipinski definition) is 6. The van der Waals surface area contributed by atoms with Crippen molar-refractivity contribution in [1.82, 2.24) is 15.3 Å². The summed E-state index contributed by atoms with van der Waals surface area (Å²) in [7, 11) is 1.57. The SMILES string of the molecule is COC1=NC=C(/C(=C/C(=N)c2ncccn2)NCc2ccccc2F)C=CC1. The third-order valence-electron chi connectivity index (χ3n) is 4.01. The van der Waals surface area contributed by atoms with E-state index in [1.54, 1.807) is 56.0 Å². The van der Waals surface area contributed by atoms with Crippen LogP contribution in [0.15, 0.2) is 83.4 Å². The number of hydrogen-bond donors (Lipinski definition) is 2. The molecule has 0 amide bonds. The molecule has 0 aliphatic carbocycles. The lowest BCUT2D eigenvalue weighted by atomic mass is 10.1. The fraction of sp³-hybridized carbons (Fsp3) is 0.143. The Morgan fingerprint density at radius 1 is 1.25 bits per heavy atom. The lowest BCUT2D eigenvalue weighted by Gasteiger charge is -2.13. The Bertz CT molecular complexity index is 964. The van der Waals surface area contributed by atoms with E-state index in [9.17, 15) is 4.39 Å². The van der Waals surface area contributed by atoms with Gasteiger partial charge in [-0.3, -0.25) is 5.41 Å². The minimum atomic E-state index is -0.291. The number of aromatic nitrogens is 2. The van der Waals surface area contributed by atoms with Gasteiger partial charge in [-0.15, -0.1) is 0 Å². The second-order valence-electron chi connectivity index (χ2n) is 5.91. The van der Waals surface area contributed by atoms with E-state index in [1.807, 2.05) is 12.2 Å². The number of methoxy groups -OCH3 is 1. The molecule has 0 unspecified atom stereocenters. The molecule has 0 saturated heterocycles. The molecule has 2 N–H and O–H groups in total. The summed E-state index contributed by atoms with van der Waals surface area (Å²) in [6.45, 7) is 0.257. The molecule has 0 spiro atoms. The van der Waals surface area contributed by atoms with Gasteiger partial charge >= 0.3 is 0 Å². The fourth-order valence-corrected chi connectivity index (χ4v) is 2.54. The predicted molar refractivity (Wildman–Crippen MR) is 106 cm³/mol. The summed E-state index contributed by atoms with van der Waals surface area (Å²) in [4.78, 5) is 12.5. The molecule has 2 aromatic rings. The van der Waals surface area contributed by atoms with Gasteiger partial charge in [0.25, 0.3) is 0 Å². The summed E-state index contributed by atoms with van der Waals surface area (Å²) in [5.41, 5.74) is 2.00. The molecule has 3 rings (SSSR count). The van der Waals surface area contributed by atoms with Gasteiger partial charge in [0.05, 0.1) is 7.11 Å². The molecule has 28 heavy (non-hydrogen) atoms. The molecule has 0 atom stereocenters. The topological polar surface area (TPSA) is 83.2 Å². The summed E-state index contributed by atoms with van der Waals surface area (Å²) in [6.07, 6.45) is 10.8. The summed E-state index contributed by atoms with van der Waals surface area (Å²) in [6, 6.07) is 8.25. The van der Waals surface area contributed by atoms with Crippen LogP contribution in [0, 0.1) is 11.2 Å². The van der Waals surface area contributed by atoms with E-state index in [1.165, 1.54) is 6.07 Å². The van der Waals surface area contributed by atoms with Crippen LogP contribution in [0.25, 0.3) is 0 Å². The van der Waals surface area contributed by atoms with Crippen LogP contribution in [0.3, 0.4) is 0 Å². The number of aliphatic imine (C=N–C) groups is 1. The highest BCUT2D eigenvalue weighted by Gasteiger charge is 2.10. The van der Waals surface area contributed by atoms with Crippen LogP contribution < -0.4 is 5.32 Å². The van der Waals surface area contributed by atoms with Gasteiger partial charge in [-0.1, -0.05) is 30.4 Å². The molecular weight excluding hydrogens is 357 g/mol. The number of allylic oxidation sites excluding steroid dienone is 2. The second-order valence-corrected chi connectivity index (χ2v) is 5.91. The molecule has 1 aromatic carbocycles. The molecule has 0 saturated carbocycles. The summed E-state index contributed by atoms with van der Waals surface area (Å²) in [5.74, 6) is 0.592. The average Bonchev–Trinajstić information content (AvgIpc) is 2.98. The number of rotatable bonds is 6. The molecule has 2 heterocycles. The van der Waals surface area contributed by atoms with Gasteiger partial charge in [-0.25, -0.2) is 19.4 Å². The zero-order chi connectivity index (χ0) is 19.8. The Morgan fingerprint density at radius 3 is 2.79 bits per heavy atom. The van der Waals surface area contributed by atoms with Crippen molar-refractivity contribution in [2.45, 2.75) is 13.0 Å². The largest absolute Gasteiger partial charge is 0.484 e. The highest BCUT2D eigenvalue weighted by Crippen LogP contribution is 2.16. The summed E-state index contributed by atoms with van der Waals surface area (Å²) >= 11 is 0. The molecule has 0 bridgehead atoms. The smallest absolute Gasteiger partial charge is 0.191 e. The Morgan fingerprint density at radius 2 is 2.04 bits per heavy atom. The number of halogens is 1. The Hall–Kier alpha value is -3.61. The van der Waals surface area contributed by atoms with Gasteiger partial charge < -0.3 is 10.1 Å². The number of nitrogens with one attached hydrogen (secondary N) is 2. The second kappa shape index (κ2) is 9.36. The van der Waals surface area contributed by atoms with Crippen molar-refractivity contribution >= 4 is 11.6 Å². The van der Waals surface area contributed by atoms with Gasteiger partial charge in [0.1, 0.15) is 11.5 Å². The third kappa shape index (κ3) is 4.97. The quantitative estimate of drug-likeness (QED) is 0.754. The molecule has 1 aromatic heterocycles. The highest BCUT2D eigenvalue weighted by molar-refractivity contribution is 6.04. The van der Waals surface area contributed by atoms with Crippen molar-refractivity contribution < 1.29 is 9.13 Å². The van der Waals surface area contributed by atoms with Crippen LogP contribution in [0.5, 0.6) is 0 Å².